The number of amides is 1. The number of benzene rings is 2. The van der Waals surface area contributed by atoms with Crippen molar-refractivity contribution in [2.24, 2.45) is 0 Å². The molecule has 3 aromatic rings. The third-order valence-corrected chi connectivity index (χ3v) is 5.67. The molecule has 2 heterocycles. The summed E-state index contributed by atoms with van der Waals surface area (Å²) in [6, 6.07) is 14.8. The highest BCUT2D eigenvalue weighted by Crippen LogP contribution is 2.28. The summed E-state index contributed by atoms with van der Waals surface area (Å²) in [4.78, 5) is 23.4. The highest BCUT2D eigenvalue weighted by Gasteiger charge is 2.31. The fourth-order valence-electron chi connectivity index (χ4n) is 4.33. The smallest absolute Gasteiger partial charge is 0.225 e. The van der Waals surface area contributed by atoms with Crippen LogP contribution in [0.3, 0.4) is 0 Å². The van der Waals surface area contributed by atoms with Gasteiger partial charge in [0.1, 0.15) is 12.1 Å². The molecule has 0 saturated carbocycles. The van der Waals surface area contributed by atoms with Crippen LogP contribution < -0.4 is 5.32 Å². The molecule has 2 aliphatic rings. The molecule has 1 saturated heterocycles. The van der Waals surface area contributed by atoms with E-state index >= 15 is 0 Å². The number of fused-ring (bicyclic) bond motifs is 2. The minimum Gasteiger partial charge on any atom is -0.365 e. The summed E-state index contributed by atoms with van der Waals surface area (Å²) in [5.41, 5.74) is 3.59. The van der Waals surface area contributed by atoms with E-state index in [1.165, 1.54) is 21.9 Å². The first-order chi connectivity index (χ1) is 13.3. The minimum atomic E-state index is 0.104. The second-order valence-electron chi connectivity index (χ2n) is 7.46. The molecule has 0 spiro atoms. The molecule has 27 heavy (non-hydrogen) atoms. The van der Waals surface area contributed by atoms with Gasteiger partial charge in [-0.05, 0) is 35.6 Å². The first-order valence-electron chi connectivity index (χ1n) is 9.61. The Hall–Kier alpha value is -2.95. The molecule has 0 radical (unpaired) electrons. The number of likely N-dealkylation sites (tertiary alicyclic amines) is 1. The van der Waals surface area contributed by atoms with E-state index < -0.39 is 0 Å². The number of carbonyl (C=O) groups is 1. The third-order valence-electron chi connectivity index (χ3n) is 5.67. The average Bonchev–Trinajstić information content (AvgIpc) is 3.30. The predicted octanol–water partition coefficient (Wildman–Crippen LogP) is 3.33. The van der Waals surface area contributed by atoms with Gasteiger partial charge in [0.05, 0.1) is 6.04 Å². The molecular formula is C22H22N4O. The van der Waals surface area contributed by atoms with Gasteiger partial charge in [-0.15, -0.1) is 0 Å². The molecule has 1 atom stereocenters. The maximum atomic E-state index is 12.6. The lowest BCUT2D eigenvalue weighted by Crippen LogP contribution is -2.28. The Balaban J connectivity index is 1.33. The monoisotopic (exact) mass is 358 g/mol. The van der Waals surface area contributed by atoms with Crippen molar-refractivity contribution < 1.29 is 4.79 Å². The van der Waals surface area contributed by atoms with Gasteiger partial charge < -0.3 is 10.2 Å². The van der Waals surface area contributed by atoms with Crippen molar-refractivity contribution in [3.05, 3.63) is 65.6 Å². The summed E-state index contributed by atoms with van der Waals surface area (Å²) in [5, 5.41) is 5.95. The van der Waals surface area contributed by atoms with E-state index in [4.69, 9.17) is 0 Å². The Bertz CT molecular complexity index is 1010. The summed E-state index contributed by atoms with van der Waals surface area (Å²) >= 11 is 0. The lowest BCUT2D eigenvalue weighted by Gasteiger charge is -2.19. The molecule has 5 heteroatoms. The Kier molecular flexibility index (Phi) is 4.00. The van der Waals surface area contributed by atoms with E-state index in [1.54, 1.807) is 6.33 Å². The lowest BCUT2D eigenvalue weighted by atomic mass is 10.0. The molecule has 1 amide bonds. The summed E-state index contributed by atoms with van der Waals surface area (Å²) in [6.45, 7) is 1.36. The van der Waals surface area contributed by atoms with Crippen LogP contribution in [-0.4, -0.2) is 33.4 Å². The van der Waals surface area contributed by atoms with Crippen molar-refractivity contribution in [3.63, 3.8) is 0 Å². The zero-order valence-corrected chi connectivity index (χ0v) is 15.2. The number of aromatic nitrogens is 2. The maximum Gasteiger partial charge on any atom is 0.225 e. The molecule has 5 rings (SSSR count). The van der Waals surface area contributed by atoms with Gasteiger partial charge >= 0.3 is 0 Å². The Labute approximate surface area is 158 Å². The lowest BCUT2D eigenvalue weighted by molar-refractivity contribution is -0.128. The molecule has 0 unspecified atom stereocenters. The second kappa shape index (κ2) is 6.65. The van der Waals surface area contributed by atoms with Crippen LogP contribution in [-0.2, 0) is 24.2 Å². The van der Waals surface area contributed by atoms with Crippen LogP contribution in [0.15, 0.2) is 48.8 Å². The summed E-state index contributed by atoms with van der Waals surface area (Å²) in [6.07, 6.45) is 5.35. The highest BCUT2D eigenvalue weighted by molar-refractivity contribution is 5.86. The fourth-order valence-corrected chi connectivity index (χ4v) is 4.33. The molecule has 0 bridgehead atoms. The van der Waals surface area contributed by atoms with E-state index in [-0.39, 0.29) is 11.9 Å². The van der Waals surface area contributed by atoms with E-state index in [1.807, 2.05) is 11.0 Å². The molecule has 1 fully saturated rings. The molecule has 2 aromatic carbocycles. The number of rotatable bonds is 4. The first kappa shape index (κ1) is 16.2. The van der Waals surface area contributed by atoms with Crippen molar-refractivity contribution >= 4 is 22.5 Å². The van der Waals surface area contributed by atoms with Crippen molar-refractivity contribution in [1.82, 2.24) is 14.9 Å². The Morgan fingerprint density at radius 1 is 1.07 bits per heavy atom. The standard InChI is InChI=1S/C22H22N4O/c27-21-11-17(25-22-19-9-4-10-20(19)23-14-24-22)13-26(21)12-16-7-3-6-15-5-1-2-8-18(15)16/h1-3,5-8,14,17H,4,9-13H2,(H,23,24,25)/t17-/m0/s1. The van der Waals surface area contributed by atoms with Crippen LogP contribution in [0.5, 0.6) is 0 Å². The summed E-state index contributed by atoms with van der Waals surface area (Å²) in [5.74, 6) is 1.12. The SMILES string of the molecule is O=C1C[C@H](Nc2ncnc3c2CCC3)CN1Cc1cccc2ccccc12. The number of hydrogen-bond donors (Lipinski definition) is 1. The molecule has 1 aromatic heterocycles. The van der Waals surface area contributed by atoms with Gasteiger partial charge in [0.25, 0.3) is 0 Å². The van der Waals surface area contributed by atoms with Gasteiger partial charge in [0, 0.05) is 30.8 Å². The molecule has 5 nitrogen and oxygen atoms in total. The third kappa shape index (κ3) is 3.03. The van der Waals surface area contributed by atoms with E-state index in [9.17, 15) is 4.79 Å². The van der Waals surface area contributed by atoms with Gasteiger partial charge in [-0.2, -0.15) is 0 Å². The summed E-state index contributed by atoms with van der Waals surface area (Å²) in [7, 11) is 0. The molecular weight excluding hydrogens is 336 g/mol. The number of anilines is 1. The van der Waals surface area contributed by atoms with E-state index in [0.717, 1.165) is 30.8 Å². The minimum absolute atomic E-state index is 0.104. The number of hydrogen-bond acceptors (Lipinski definition) is 4. The van der Waals surface area contributed by atoms with Crippen LogP contribution in [0.1, 0.15) is 29.7 Å². The summed E-state index contributed by atoms with van der Waals surface area (Å²) < 4.78 is 0. The largest absolute Gasteiger partial charge is 0.365 e. The maximum absolute atomic E-state index is 12.6. The van der Waals surface area contributed by atoms with Crippen LogP contribution >= 0.6 is 0 Å². The van der Waals surface area contributed by atoms with E-state index in [2.05, 4.69) is 51.7 Å². The molecule has 136 valence electrons. The topological polar surface area (TPSA) is 58.1 Å². The van der Waals surface area contributed by atoms with Crippen LogP contribution in [0, 0.1) is 0 Å². The molecule has 1 N–H and O–H groups in total. The van der Waals surface area contributed by atoms with Crippen molar-refractivity contribution in [3.8, 4) is 0 Å². The van der Waals surface area contributed by atoms with Crippen molar-refractivity contribution in [2.75, 3.05) is 11.9 Å². The van der Waals surface area contributed by atoms with Gasteiger partial charge in [0.2, 0.25) is 5.91 Å². The Morgan fingerprint density at radius 2 is 1.96 bits per heavy atom. The predicted molar refractivity (Wildman–Crippen MR) is 105 cm³/mol. The number of aryl methyl sites for hydroxylation is 1. The van der Waals surface area contributed by atoms with E-state index in [0.29, 0.717) is 19.5 Å². The number of nitrogens with one attached hydrogen (secondary N) is 1. The fraction of sp³-hybridized carbons (Fsp3) is 0.318. The normalized spacial score (nSPS) is 18.9. The zero-order valence-electron chi connectivity index (χ0n) is 15.2. The highest BCUT2D eigenvalue weighted by atomic mass is 16.2. The quantitative estimate of drug-likeness (QED) is 0.777. The molecule has 1 aliphatic carbocycles. The number of carbonyl (C=O) groups excluding carboxylic acids is 1. The van der Waals surface area contributed by atoms with Gasteiger partial charge in [-0.25, -0.2) is 9.97 Å². The van der Waals surface area contributed by atoms with Gasteiger partial charge in [-0.1, -0.05) is 42.5 Å². The zero-order chi connectivity index (χ0) is 18.2. The van der Waals surface area contributed by atoms with Crippen LogP contribution in [0.4, 0.5) is 5.82 Å². The first-order valence-corrected chi connectivity index (χ1v) is 9.61. The van der Waals surface area contributed by atoms with Gasteiger partial charge in [0.15, 0.2) is 0 Å². The Morgan fingerprint density at radius 3 is 2.93 bits per heavy atom. The van der Waals surface area contributed by atoms with Crippen LogP contribution in [0.2, 0.25) is 0 Å². The number of nitrogens with zero attached hydrogens (tertiary/aromatic N) is 3. The van der Waals surface area contributed by atoms with Crippen molar-refractivity contribution in [1.29, 1.82) is 0 Å². The van der Waals surface area contributed by atoms with Gasteiger partial charge in [-0.3, -0.25) is 4.79 Å². The van der Waals surface area contributed by atoms with Crippen LogP contribution in [0.25, 0.3) is 10.8 Å². The van der Waals surface area contributed by atoms with Crippen molar-refractivity contribution in [2.45, 2.75) is 38.3 Å². The molecule has 1 aliphatic heterocycles. The average molecular weight is 358 g/mol. The second-order valence-corrected chi connectivity index (χ2v) is 7.46.